The third-order valence-corrected chi connectivity index (χ3v) is 3.19. The van der Waals surface area contributed by atoms with Crippen LogP contribution in [0.1, 0.15) is 22.3 Å². The van der Waals surface area contributed by atoms with Crippen LogP contribution in [-0.4, -0.2) is 7.05 Å². The van der Waals surface area contributed by atoms with E-state index in [0.717, 1.165) is 5.69 Å². The minimum absolute atomic E-state index is 1.15. The Morgan fingerprint density at radius 3 is 2.11 bits per heavy atom. The van der Waals surface area contributed by atoms with Gasteiger partial charge in [-0.15, -0.1) is 0 Å². The lowest BCUT2D eigenvalue weighted by Crippen LogP contribution is -1.89. The second kappa shape index (κ2) is 5.54. The number of rotatable bonds is 3. The molecule has 0 radical (unpaired) electrons. The highest BCUT2D eigenvalue weighted by Crippen LogP contribution is 2.18. The zero-order valence-electron chi connectivity index (χ0n) is 11.2. The molecule has 0 heterocycles. The lowest BCUT2D eigenvalue weighted by molar-refractivity contribution is 1.41. The van der Waals surface area contributed by atoms with Crippen LogP contribution >= 0.6 is 0 Å². The van der Waals surface area contributed by atoms with E-state index in [0.29, 0.717) is 0 Å². The topological polar surface area (TPSA) is 12.0 Å². The van der Waals surface area contributed by atoms with E-state index >= 15 is 0 Å². The molecule has 0 aromatic heterocycles. The molecule has 1 nitrogen and oxygen atoms in total. The molecule has 0 spiro atoms. The van der Waals surface area contributed by atoms with Crippen molar-refractivity contribution in [2.45, 2.75) is 13.8 Å². The Bertz CT molecular complexity index is 568. The summed E-state index contributed by atoms with van der Waals surface area (Å²) in [5, 5.41) is 3.15. The zero-order valence-corrected chi connectivity index (χ0v) is 11.2. The summed E-state index contributed by atoms with van der Waals surface area (Å²) in [4.78, 5) is 0. The molecule has 0 saturated carbocycles. The fraction of sp³-hybridized carbons (Fsp3) is 0.176. The first kappa shape index (κ1) is 12.4. The third kappa shape index (κ3) is 2.80. The summed E-state index contributed by atoms with van der Waals surface area (Å²) in [5.41, 5.74) is 6.28. The van der Waals surface area contributed by atoms with Gasteiger partial charge in [0.2, 0.25) is 0 Å². The number of hydrogen-bond donors (Lipinski definition) is 1. The van der Waals surface area contributed by atoms with Gasteiger partial charge in [-0.3, -0.25) is 0 Å². The van der Waals surface area contributed by atoms with E-state index in [-0.39, 0.29) is 0 Å². The van der Waals surface area contributed by atoms with Crippen LogP contribution in [0.2, 0.25) is 0 Å². The van der Waals surface area contributed by atoms with Gasteiger partial charge in [-0.05, 0) is 48.2 Å². The average molecular weight is 237 g/mol. The van der Waals surface area contributed by atoms with Crippen LogP contribution in [0, 0.1) is 13.8 Å². The maximum atomic E-state index is 3.15. The van der Waals surface area contributed by atoms with Crippen molar-refractivity contribution in [1.29, 1.82) is 0 Å². The lowest BCUT2D eigenvalue weighted by atomic mass is 10.0. The monoisotopic (exact) mass is 237 g/mol. The van der Waals surface area contributed by atoms with Gasteiger partial charge in [0, 0.05) is 12.7 Å². The van der Waals surface area contributed by atoms with Gasteiger partial charge in [-0.1, -0.05) is 42.5 Å². The first-order chi connectivity index (χ1) is 8.70. The average Bonchev–Trinajstić information content (AvgIpc) is 2.39. The summed E-state index contributed by atoms with van der Waals surface area (Å²) in [6, 6.07) is 14.8. The molecule has 2 aromatic rings. The van der Waals surface area contributed by atoms with Gasteiger partial charge in [0.05, 0.1) is 0 Å². The summed E-state index contributed by atoms with van der Waals surface area (Å²) in [7, 11) is 1.94. The third-order valence-electron chi connectivity index (χ3n) is 3.19. The molecule has 2 aromatic carbocycles. The summed E-state index contributed by atoms with van der Waals surface area (Å²) >= 11 is 0. The van der Waals surface area contributed by atoms with Crippen molar-refractivity contribution in [3.05, 3.63) is 64.7 Å². The van der Waals surface area contributed by atoms with Crippen molar-refractivity contribution in [2.24, 2.45) is 0 Å². The van der Waals surface area contributed by atoms with E-state index in [1.165, 1.54) is 22.3 Å². The van der Waals surface area contributed by atoms with Crippen molar-refractivity contribution in [3.8, 4) is 0 Å². The molecule has 0 saturated heterocycles. The molecule has 0 aliphatic carbocycles. The number of aryl methyl sites for hydroxylation is 2. The number of hydrogen-bond acceptors (Lipinski definition) is 1. The maximum absolute atomic E-state index is 3.15. The zero-order chi connectivity index (χ0) is 13.0. The van der Waals surface area contributed by atoms with Crippen LogP contribution in [0.3, 0.4) is 0 Å². The Morgan fingerprint density at radius 1 is 0.833 bits per heavy atom. The minimum Gasteiger partial charge on any atom is -0.388 e. The normalized spacial score (nSPS) is 10.8. The van der Waals surface area contributed by atoms with E-state index in [1.807, 2.05) is 7.05 Å². The Labute approximate surface area is 109 Å². The van der Waals surface area contributed by atoms with Crippen molar-refractivity contribution in [3.63, 3.8) is 0 Å². The van der Waals surface area contributed by atoms with Crippen LogP contribution in [0.4, 0.5) is 5.69 Å². The molecule has 1 N–H and O–H groups in total. The molecule has 1 heteroatoms. The molecule has 0 amide bonds. The van der Waals surface area contributed by atoms with Crippen molar-refractivity contribution < 1.29 is 0 Å². The SMILES string of the molecule is CNc1ccc(C=Cc2ccccc2C)c(C)c1. The molecule has 92 valence electrons. The van der Waals surface area contributed by atoms with Gasteiger partial charge in [0.15, 0.2) is 0 Å². The largest absolute Gasteiger partial charge is 0.388 e. The van der Waals surface area contributed by atoms with Crippen molar-refractivity contribution in [2.75, 3.05) is 12.4 Å². The number of anilines is 1. The van der Waals surface area contributed by atoms with E-state index < -0.39 is 0 Å². The Morgan fingerprint density at radius 2 is 1.50 bits per heavy atom. The fourth-order valence-corrected chi connectivity index (χ4v) is 1.97. The molecular weight excluding hydrogens is 218 g/mol. The maximum Gasteiger partial charge on any atom is 0.0340 e. The van der Waals surface area contributed by atoms with E-state index in [1.54, 1.807) is 0 Å². The highest BCUT2D eigenvalue weighted by Gasteiger charge is 1.96. The first-order valence-electron chi connectivity index (χ1n) is 6.23. The Balaban J connectivity index is 2.27. The highest BCUT2D eigenvalue weighted by atomic mass is 14.8. The second-order valence-electron chi connectivity index (χ2n) is 4.51. The van der Waals surface area contributed by atoms with Gasteiger partial charge in [0.1, 0.15) is 0 Å². The molecule has 18 heavy (non-hydrogen) atoms. The van der Waals surface area contributed by atoms with Crippen LogP contribution in [0.15, 0.2) is 42.5 Å². The molecule has 2 rings (SSSR count). The molecule has 0 fully saturated rings. The van der Waals surface area contributed by atoms with Gasteiger partial charge < -0.3 is 5.32 Å². The molecule has 0 unspecified atom stereocenters. The number of benzene rings is 2. The van der Waals surface area contributed by atoms with Crippen LogP contribution in [-0.2, 0) is 0 Å². The lowest BCUT2D eigenvalue weighted by Gasteiger charge is -2.05. The summed E-state index contributed by atoms with van der Waals surface area (Å²) in [6.45, 7) is 4.27. The predicted molar refractivity (Wildman–Crippen MR) is 80.8 cm³/mol. The van der Waals surface area contributed by atoms with Gasteiger partial charge in [0.25, 0.3) is 0 Å². The van der Waals surface area contributed by atoms with Crippen molar-refractivity contribution in [1.82, 2.24) is 0 Å². The number of nitrogens with one attached hydrogen (secondary N) is 1. The standard InChI is InChI=1S/C17H19N/c1-13-6-4-5-7-15(13)8-9-16-10-11-17(18-3)12-14(16)2/h4-12,18H,1-3H3. The molecular formula is C17H19N. The van der Waals surface area contributed by atoms with Gasteiger partial charge in [-0.2, -0.15) is 0 Å². The minimum atomic E-state index is 1.15. The van der Waals surface area contributed by atoms with Crippen LogP contribution in [0.5, 0.6) is 0 Å². The Hall–Kier alpha value is -2.02. The summed E-state index contributed by atoms with van der Waals surface area (Å²) < 4.78 is 0. The van der Waals surface area contributed by atoms with E-state index in [2.05, 4.69) is 73.8 Å². The van der Waals surface area contributed by atoms with Crippen LogP contribution in [0.25, 0.3) is 12.2 Å². The fourth-order valence-electron chi connectivity index (χ4n) is 1.97. The second-order valence-corrected chi connectivity index (χ2v) is 4.51. The first-order valence-corrected chi connectivity index (χ1v) is 6.23. The highest BCUT2D eigenvalue weighted by molar-refractivity contribution is 5.73. The quantitative estimate of drug-likeness (QED) is 0.774. The summed E-state index contributed by atoms with van der Waals surface area (Å²) in [6.07, 6.45) is 4.35. The summed E-state index contributed by atoms with van der Waals surface area (Å²) in [5.74, 6) is 0. The molecule has 0 atom stereocenters. The van der Waals surface area contributed by atoms with Gasteiger partial charge in [-0.25, -0.2) is 0 Å². The molecule has 0 bridgehead atoms. The van der Waals surface area contributed by atoms with Crippen molar-refractivity contribution >= 4 is 17.8 Å². The smallest absolute Gasteiger partial charge is 0.0340 e. The van der Waals surface area contributed by atoms with E-state index in [4.69, 9.17) is 0 Å². The van der Waals surface area contributed by atoms with Gasteiger partial charge >= 0.3 is 0 Å². The predicted octanol–water partition coefficient (Wildman–Crippen LogP) is 4.52. The van der Waals surface area contributed by atoms with E-state index in [9.17, 15) is 0 Å². The Kier molecular flexibility index (Phi) is 3.83. The molecule has 0 aliphatic rings. The molecule has 0 aliphatic heterocycles. The van der Waals surface area contributed by atoms with Crippen LogP contribution < -0.4 is 5.32 Å².